The summed E-state index contributed by atoms with van der Waals surface area (Å²) in [5.74, 6) is 0. The van der Waals surface area contributed by atoms with Crippen LogP contribution >= 0.6 is 0 Å². The Kier molecular flexibility index (Phi) is 16.8. The van der Waals surface area contributed by atoms with E-state index in [-0.39, 0.29) is 5.04 Å². The summed E-state index contributed by atoms with van der Waals surface area (Å²) in [5, 5.41) is 5.85. The fourth-order valence-corrected chi connectivity index (χ4v) is 9.78. The first kappa shape index (κ1) is 34.8. The number of piperidine rings is 1. The van der Waals surface area contributed by atoms with Gasteiger partial charge in [0, 0.05) is 0 Å². The Balaban J connectivity index is 1.17. The van der Waals surface area contributed by atoms with Gasteiger partial charge in [-0.05, 0) is 41.3 Å². The van der Waals surface area contributed by atoms with Gasteiger partial charge in [0.15, 0.2) is 0 Å². The van der Waals surface area contributed by atoms with Crippen LogP contribution in [0.2, 0.25) is 5.04 Å². The molecule has 8 nitrogen and oxygen atoms in total. The lowest BCUT2D eigenvalue weighted by Crippen LogP contribution is -2.66. The van der Waals surface area contributed by atoms with Gasteiger partial charge in [0.1, 0.15) is 0 Å². The lowest BCUT2D eigenvalue weighted by molar-refractivity contribution is -0.0299. The molecule has 42 heavy (non-hydrogen) atoms. The Bertz CT molecular complexity index is 884. The van der Waals surface area contributed by atoms with E-state index in [0.717, 1.165) is 25.9 Å². The Labute approximate surface area is 254 Å². The second-order valence-electron chi connectivity index (χ2n) is 11.4. The van der Waals surface area contributed by atoms with E-state index in [2.05, 4.69) is 86.8 Å². The molecule has 0 spiro atoms. The Morgan fingerprint density at radius 3 is 1.36 bits per heavy atom. The van der Waals surface area contributed by atoms with Gasteiger partial charge in [0.05, 0.1) is 85.4 Å². The maximum absolute atomic E-state index is 6.84. The minimum Gasteiger partial charge on any atom is -0.405 e. The molecule has 0 unspecified atom stereocenters. The molecule has 0 aliphatic carbocycles. The van der Waals surface area contributed by atoms with E-state index in [0.29, 0.717) is 85.4 Å². The predicted molar refractivity (Wildman–Crippen MR) is 170 cm³/mol. The molecule has 0 bridgehead atoms. The van der Waals surface area contributed by atoms with Crippen LogP contribution in [0.25, 0.3) is 0 Å². The summed E-state index contributed by atoms with van der Waals surface area (Å²) in [6.07, 6.45) is 2.55. The number of benzene rings is 2. The molecular formula is C33H53NO7Si. The average Bonchev–Trinajstić information content (AvgIpc) is 3.01. The standard InChI is InChI=1S/C33H53NO7Si/c1-33(2,3)42(31-10-6-4-7-11-31,32-12-8-5-9-13-32)41-29-27-39-25-23-37-21-19-35-18-20-36-22-24-38-26-28-40-30-14-16-34-17-15-30/h4-13,30,34H,14-29H2,1-3H3. The zero-order valence-corrected chi connectivity index (χ0v) is 27.0. The molecule has 236 valence electrons. The van der Waals surface area contributed by atoms with Crippen molar-refractivity contribution in [3.05, 3.63) is 60.7 Å². The first-order chi connectivity index (χ1) is 20.5. The summed E-state index contributed by atoms with van der Waals surface area (Å²) < 4.78 is 40.8. The maximum Gasteiger partial charge on any atom is 0.261 e. The van der Waals surface area contributed by atoms with Crippen molar-refractivity contribution in [2.45, 2.75) is 44.8 Å². The third-order valence-corrected chi connectivity index (χ3v) is 12.4. The van der Waals surface area contributed by atoms with Crippen LogP contribution in [0.15, 0.2) is 60.7 Å². The van der Waals surface area contributed by atoms with E-state index in [1.54, 1.807) is 0 Å². The van der Waals surface area contributed by atoms with Gasteiger partial charge >= 0.3 is 0 Å². The van der Waals surface area contributed by atoms with Crippen LogP contribution in [0.5, 0.6) is 0 Å². The molecule has 2 aromatic rings. The molecule has 0 saturated carbocycles. The second kappa shape index (κ2) is 20.3. The Morgan fingerprint density at radius 2 is 0.952 bits per heavy atom. The molecule has 1 heterocycles. The van der Waals surface area contributed by atoms with Gasteiger partial charge in [-0.1, -0.05) is 81.4 Å². The van der Waals surface area contributed by atoms with Crippen molar-refractivity contribution in [2.75, 3.05) is 92.4 Å². The van der Waals surface area contributed by atoms with Crippen molar-refractivity contribution < 1.29 is 32.8 Å². The smallest absolute Gasteiger partial charge is 0.261 e. The van der Waals surface area contributed by atoms with E-state index in [4.69, 9.17) is 32.8 Å². The highest BCUT2D eigenvalue weighted by Gasteiger charge is 2.49. The molecule has 1 saturated heterocycles. The monoisotopic (exact) mass is 603 g/mol. The third kappa shape index (κ3) is 12.1. The molecule has 0 atom stereocenters. The van der Waals surface area contributed by atoms with Gasteiger partial charge in [-0.25, -0.2) is 0 Å². The van der Waals surface area contributed by atoms with Gasteiger partial charge in [0.2, 0.25) is 0 Å². The van der Waals surface area contributed by atoms with Gasteiger partial charge < -0.3 is 38.2 Å². The summed E-state index contributed by atoms with van der Waals surface area (Å²) in [6, 6.07) is 21.3. The van der Waals surface area contributed by atoms with E-state index in [9.17, 15) is 0 Å². The summed E-state index contributed by atoms with van der Waals surface area (Å²) in [5.41, 5.74) is 0. The van der Waals surface area contributed by atoms with E-state index < -0.39 is 8.32 Å². The SMILES string of the molecule is CC(C)(C)[Si](OCCOCCOCCOCCOCCOCCOC1CCNCC1)(c1ccccc1)c1ccccc1. The van der Waals surface area contributed by atoms with Crippen LogP contribution < -0.4 is 15.7 Å². The maximum atomic E-state index is 6.84. The molecule has 0 aromatic heterocycles. The normalized spacial score (nSPS) is 14.8. The average molecular weight is 604 g/mol. The molecule has 1 N–H and O–H groups in total. The minimum atomic E-state index is -2.52. The number of rotatable bonds is 22. The van der Waals surface area contributed by atoms with Crippen molar-refractivity contribution >= 4 is 18.7 Å². The van der Waals surface area contributed by atoms with Crippen LogP contribution in [0.4, 0.5) is 0 Å². The van der Waals surface area contributed by atoms with Crippen LogP contribution in [-0.2, 0) is 32.8 Å². The highest BCUT2D eigenvalue weighted by atomic mass is 28.4. The molecule has 3 rings (SSSR count). The topological polar surface area (TPSA) is 76.6 Å². The first-order valence-corrected chi connectivity index (χ1v) is 17.4. The number of hydrogen-bond donors (Lipinski definition) is 1. The van der Waals surface area contributed by atoms with Crippen molar-refractivity contribution in [3.8, 4) is 0 Å². The zero-order valence-electron chi connectivity index (χ0n) is 26.0. The fourth-order valence-electron chi connectivity index (χ4n) is 5.23. The van der Waals surface area contributed by atoms with Crippen LogP contribution in [0, 0.1) is 0 Å². The van der Waals surface area contributed by atoms with Crippen LogP contribution in [-0.4, -0.2) is 107 Å². The minimum absolute atomic E-state index is 0.0424. The summed E-state index contributed by atoms with van der Waals surface area (Å²) in [4.78, 5) is 0. The predicted octanol–water partition coefficient (Wildman–Crippen LogP) is 3.41. The summed E-state index contributed by atoms with van der Waals surface area (Å²) in [7, 11) is -2.52. The zero-order chi connectivity index (χ0) is 29.8. The van der Waals surface area contributed by atoms with E-state index in [1.165, 1.54) is 10.4 Å². The summed E-state index contributed by atoms with van der Waals surface area (Å²) in [6.45, 7) is 15.6. The lowest BCUT2D eigenvalue weighted by atomic mass is 10.1. The van der Waals surface area contributed by atoms with Gasteiger partial charge in [-0.2, -0.15) is 0 Å². The fraction of sp³-hybridized carbons (Fsp3) is 0.636. The van der Waals surface area contributed by atoms with Crippen LogP contribution in [0.1, 0.15) is 33.6 Å². The first-order valence-electron chi connectivity index (χ1n) is 15.5. The van der Waals surface area contributed by atoms with Gasteiger partial charge in [-0.3, -0.25) is 0 Å². The quantitative estimate of drug-likeness (QED) is 0.162. The molecular weight excluding hydrogens is 550 g/mol. The van der Waals surface area contributed by atoms with Crippen molar-refractivity contribution in [2.24, 2.45) is 0 Å². The molecule has 1 fully saturated rings. The van der Waals surface area contributed by atoms with Crippen molar-refractivity contribution in [1.82, 2.24) is 5.32 Å². The van der Waals surface area contributed by atoms with E-state index in [1.807, 2.05) is 0 Å². The molecule has 1 aliphatic rings. The largest absolute Gasteiger partial charge is 0.405 e. The highest BCUT2D eigenvalue weighted by Crippen LogP contribution is 2.36. The van der Waals surface area contributed by atoms with Crippen molar-refractivity contribution in [1.29, 1.82) is 0 Å². The second-order valence-corrected chi connectivity index (χ2v) is 15.7. The van der Waals surface area contributed by atoms with Gasteiger partial charge in [0.25, 0.3) is 8.32 Å². The third-order valence-electron chi connectivity index (χ3n) is 7.32. The van der Waals surface area contributed by atoms with E-state index >= 15 is 0 Å². The Morgan fingerprint density at radius 1 is 0.571 bits per heavy atom. The summed E-state index contributed by atoms with van der Waals surface area (Å²) >= 11 is 0. The molecule has 0 amide bonds. The highest BCUT2D eigenvalue weighted by molar-refractivity contribution is 6.99. The van der Waals surface area contributed by atoms with Crippen molar-refractivity contribution in [3.63, 3.8) is 0 Å². The molecule has 1 aliphatic heterocycles. The van der Waals surface area contributed by atoms with Crippen LogP contribution in [0.3, 0.4) is 0 Å². The molecule has 2 aromatic carbocycles. The molecule has 0 radical (unpaired) electrons. The number of ether oxygens (including phenoxy) is 6. The number of nitrogens with one attached hydrogen (secondary N) is 1. The Hall–Kier alpha value is -1.66. The molecule has 9 heteroatoms. The number of hydrogen-bond acceptors (Lipinski definition) is 8. The lowest BCUT2D eigenvalue weighted by Gasteiger charge is -2.43. The van der Waals surface area contributed by atoms with Gasteiger partial charge in [-0.15, -0.1) is 0 Å².